The summed E-state index contributed by atoms with van der Waals surface area (Å²) >= 11 is 0. The van der Waals surface area contributed by atoms with Crippen LogP contribution in [-0.4, -0.2) is 26.2 Å². The molecule has 0 saturated heterocycles. The van der Waals surface area contributed by atoms with Crippen molar-refractivity contribution < 1.29 is 4.74 Å². The zero-order valence-electron chi connectivity index (χ0n) is 10.1. The van der Waals surface area contributed by atoms with Crippen LogP contribution in [0.4, 0.5) is 5.82 Å². The van der Waals surface area contributed by atoms with Crippen LogP contribution >= 0.6 is 0 Å². The Balaban J connectivity index is 2.68. The molecule has 84 valence electrons. The van der Waals surface area contributed by atoms with E-state index in [1.165, 1.54) is 5.39 Å². The highest BCUT2D eigenvalue weighted by Crippen LogP contribution is 2.25. The van der Waals surface area contributed by atoms with Gasteiger partial charge in [-0.1, -0.05) is 0 Å². The summed E-state index contributed by atoms with van der Waals surface area (Å²) in [7, 11) is 5.67. The molecule has 0 fully saturated rings. The maximum absolute atomic E-state index is 5.23. The largest absolute Gasteiger partial charge is 0.497 e. The molecule has 0 saturated carbocycles. The first-order valence-corrected chi connectivity index (χ1v) is 5.24. The van der Waals surface area contributed by atoms with Crippen molar-refractivity contribution in [3.8, 4) is 5.75 Å². The highest BCUT2D eigenvalue weighted by Gasteiger charge is 2.05. The van der Waals surface area contributed by atoms with Gasteiger partial charge in [-0.15, -0.1) is 0 Å². The van der Waals surface area contributed by atoms with Gasteiger partial charge in [-0.2, -0.15) is 0 Å². The second-order valence-corrected chi connectivity index (χ2v) is 4.05. The summed E-state index contributed by atoms with van der Waals surface area (Å²) in [6, 6.07) is 8.13. The fourth-order valence-electron chi connectivity index (χ4n) is 1.75. The van der Waals surface area contributed by atoms with E-state index in [1.807, 2.05) is 38.1 Å². The molecule has 0 N–H and O–H groups in total. The number of hydrogen-bond acceptors (Lipinski definition) is 3. The third-order valence-electron chi connectivity index (χ3n) is 2.67. The zero-order valence-corrected chi connectivity index (χ0v) is 10.1. The summed E-state index contributed by atoms with van der Waals surface area (Å²) in [5, 5.41) is 2.34. The maximum Gasteiger partial charge on any atom is 0.128 e. The number of ether oxygens (including phenoxy) is 1. The summed E-state index contributed by atoms with van der Waals surface area (Å²) in [6.07, 6.45) is 0. The van der Waals surface area contributed by atoms with E-state index in [4.69, 9.17) is 4.74 Å². The topological polar surface area (TPSA) is 25.4 Å². The quantitative estimate of drug-likeness (QED) is 0.771. The number of benzene rings is 1. The Labute approximate surface area is 95.7 Å². The lowest BCUT2D eigenvalue weighted by Gasteiger charge is -2.14. The molecular weight excluding hydrogens is 200 g/mol. The van der Waals surface area contributed by atoms with Crippen LogP contribution in [0.2, 0.25) is 0 Å². The predicted molar refractivity (Wildman–Crippen MR) is 67.4 cm³/mol. The molecule has 1 heterocycles. The molecule has 0 aliphatic rings. The molecule has 0 amide bonds. The molecule has 1 aromatic heterocycles. The summed E-state index contributed by atoms with van der Waals surface area (Å²) in [5.74, 6) is 1.85. The van der Waals surface area contributed by atoms with E-state index >= 15 is 0 Å². The van der Waals surface area contributed by atoms with Gasteiger partial charge in [-0.3, -0.25) is 0 Å². The minimum atomic E-state index is 0.878. The number of nitrogens with zero attached hydrogens (tertiary/aromatic N) is 2. The third kappa shape index (κ3) is 1.81. The van der Waals surface area contributed by atoms with E-state index in [0.29, 0.717) is 0 Å². The van der Waals surface area contributed by atoms with Crippen molar-refractivity contribution in [2.45, 2.75) is 6.92 Å². The normalized spacial score (nSPS) is 10.5. The molecule has 2 rings (SSSR count). The summed E-state index contributed by atoms with van der Waals surface area (Å²) in [5.41, 5.74) is 1.05. The smallest absolute Gasteiger partial charge is 0.128 e. The van der Waals surface area contributed by atoms with E-state index < -0.39 is 0 Å². The van der Waals surface area contributed by atoms with Gasteiger partial charge < -0.3 is 9.64 Å². The molecule has 16 heavy (non-hydrogen) atoms. The minimum Gasteiger partial charge on any atom is -0.497 e. The standard InChI is InChI=1S/C13H16N2O/c1-9-12-6-5-11(16-4)7-10(12)8-13(14-9)15(2)3/h5-8H,1-4H3. The molecule has 0 atom stereocenters. The number of aromatic nitrogens is 1. The van der Waals surface area contributed by atoms with Gasteiger partial charge in [0, 0.05) is 25.2 Å². The number of methoxy groups -OCH3 is 1. The average Bonchev–Trinajstić information content (AvgIpc) is 2.28. The van der Waals surface area contributed by atoms with Gasteiger partial charge in [0.05, 0.1) is 7.11 Å². The number of fused-ring (bicyclic) bond motifs is 1. The van der Waals surface area contributed by atoms with Crippen molar-refractivity contribution in [3.63, 3.8) is 0 Å². The highest BCUT2D eigenvalue weighted by atomic mass is 16.5. The second kappa shape index (κ2) is 4.00. The Bertz CT molecular complexity index is 521. The van der Waals surface area contributed by atoms with Crippen LogP contribution in [0.5, 0.6) is 5.75 Å². The Morgan fingerprint density at radius 3 is 2.56 bits per heavy atom. The number of hydrogen-bond donors (Lipinski definition) is 0. The molecule has 0 aliphatic heterocycles. The third-order valence-corrected chi connectivity index (χ3v) is 2.67. The van der Waals surface area contributed by atoms with Crippen LogP contribution in [0, 0.1) is 6.92 Å². The van der Waals surface area contributed by atoms with Gasteiger partial charge >= 0.3 is 0 Å². The molecule has 1 aromatic carbocycles. The Kier molecular flexibility index (Phi) is 2.69. The average molecular weight is 216 g/mol. The van der Waals surface area contributed by atoms with Crippen LogP contribution in [-0.2, 0) is 0 Å². The van der Waals surface area contributed by atoms with E-state index in [2.05, 4.69) is 17.1 Å². The van der Waals surface area contributed by atoms with Crippen LogP contribution in [0.1, 0.15) is 5.69 Å². The van der Waals surface area contributed by atoms with Crippen molar-refractivity contribution in [1.82, 2.24) is 4.98 Å². The fourth-order valence-corrected chi connectivity index (χ4v) is 1.75. The van der Waals surface area contributed by atoms with Crippen molar-refractivity contribution in [3.05, 3.63) is 30.0 Å². The van der Waals surface area contributed by atoms with E-state index in [1.54, 1.807) is 7.11 Å². The van der Waals surface area contributed by atoms with E-state index in [9.17, 15) is 0 Å². The van der Waals surface area contributed by atoms with Gasteiger partial charge in [0.25, 0.3) is 0 Å². The minimum absolute atomic E-state index is 0.878. The van der Waals surface area contributed by atoms with Crippen molar-refractivity contribution in [2.75, 3.05) is 26.1 Å². The van der Waals surface area contributed by atoms with Gasteiger partial charge in [0.1, 0.15) is 11.6 Å². The Morgan fingerprint density at radius 2 is 1.94 bits per heavy atom. The molecule has 2 aromatic rings. The Hall–Kier alpha value is -1.77. The van der Waals surface area contributed by atoms with Crippen LogP contribution in [0.25, 0.3) is 10.8 Å². The number of pyridine rings is 1. The fraction of sp³-hybridized carbons (Fsp3) is 0.308. The molecule has 0 spiro atoms. The first-order chi connectivity index (χ1) is 7.61. The van der Waals surface area contributed by atoms with Crippen molar-refractivity contribution >= 4 is 16.6 Å². The lowest BCUT2D eigenvalue weighted by atomic mass is 10.1. The van der Waals surface area contributed by atoms with Gasteiger partial charge in [-0.25, -0.2) is 4.98 Å². The van der Waals surface area contributed by atoms with Crippen LogP contribution in [0.15, 0.2) is 24.3 Å². The molecular formula is C13H16N2O. The lowest BCUT2D eigenvalue weighted by molar-refractivity contribution is 0.415. The number of rotatable bonds is 2. The summed E-state index contributed by atoms with van der Waals surface area (Å²) in [4.78, 5) is 6.55. The molecule has 3 heteroatoms. The first kappa shape index (κ1) is 10.7. The summed E-state index contributed by atoms with van der Waals surface area (Å²) in [6.45, 7) is 2.03. The van der Waals surface area contributed by atoms with E-state index in [0.717, 1.165) is 22.6 Å². The zero-order chi connectivity index (χ0) is 11.7. The monoisotopic (exact) mass is 216 g/mol. The first-order valence-electron chi connectivity index (χ1n) is 5.24. The second-order valence-electron chi connectivity index (χ2n) is 4.05. The van der Waals surface area contributed by atoms with Gasteiger partial charge in [-0.05, 0) is 36.6 Å². The van der Waals surface area contributed by atoms with Gasteiger partial charge in [0.15, 0.2) is 0 Å². The summed E-state index contributed by atoms with van der Waals surface area (Å²) < 4.78 is 5.23. The van der Waals surface area contributed by atoms with Crippen molar-refractivity contribution in [2.24, 2.45) is 0 Å². The van der Waals surface area contributed by atoms with Gasteiger partial charge in [0.2, 0.25) is 0 Å². The number of anilines is 1. The van der Waals surface area contributed by atoms with E-state index in [-0.39, 0.29) is 0 Å². The lowest BCUT2D eigenvalue weighted by Crippen LogP contribution is -2.11. The van der Waals surface area contributed by atoms with Crippen LogP contribution < -0.4 is 9.64 Å². The highest BCUT2D eigenvalue weighted by molar-refractivity contribution is 5.87. The van der Waals surface area contributed by atoms with Crippen LogP contribution in [0.3, 0.4) is 0 Å². The Morgan fingerprint density at radius 1 is 1.19 bits per heavy atom. The SMILES string of the molecule is COc1ccc2c(C)nc(N(C)C)cc2c1. The predicted octanol–water partition coefficient (Wildman–Crippen LogP) is 2.62. The molecule has 0 radical (unpaired) electrons. The molecule has 0 unspecified atom stereocenters. The molecule has 3 nitrogen and oxygen atoms in total. The van der Waals surface area contributed by atoms with Crippen molar-refractivity contribution in [1.29, 1.82) is 0 Å². The molecule has 0 bridgehead atoms. The molecule has 0 aliphatic carbocycles. The number of aryl methyl sites for hydroxylation is 1. The maximum atomic E-state index is 5.23.